The summed E-state index contributed by atoms with van der Waals surface area (Å²) in [6, 6.07) is 0.108. The Labute approximate surface area is 110 Å². The molecular formula is C13H17BrN2O. The molecule has 1 amide bonds. The van der Waals surface area contributed by atoms with Crippen molar-refractivity contribution in [3.63, 3.8) is 0 Å². The number of carbonyl (C=O) groups excluding carboxylic acids is 1. The van der Waals surface area contributed by atoms with Gasteiger partial charge in [-0.05, 0) is 45.8 Å². The van der Waals surface area contributed by atoms with Gasteiger partial charge in [0.1, 0.15) is 0 Å². The smallest absolute Gasteiger partial charge is 0.220 e. The maximum atomic E-state index is 11.6. The second kappa shape index (κ2) is 5.17. The van der Waals surface area contributed by atoms with E-state index in [1.807, 2.05) is 19.3 Å². The molecule has 1 unspecified atom stereocenters. The van der Waals surface area contributed by atoms with Gasteiger partial charge in [-0.1, -0.05) is 13.8 Å². The summed E-state index contributed by atoms with van der Waals surface area (Å²) >= 11 is 3.54. The van der Waals surface area contributed by atoms with Crippen molar-refractivity contribution in [1.29, 1.82) is 0 Å². The highest BCUT2D eigenvalue weighted by atomic mass is 79.9. The number of aromatic nitrogens is 1. The Morgan fingerprint density at radius 1 is 1.59 bits per heavy atom. The van der Waals surface area contributed by atoms with E-state index in [4.69, 9.17) is 0 Å². The average Bonchev–Trinajstić information content (AvgIpc) is 2.33. The number of nitrogens with one attached hydrogen (secondary N) is 1. The van der Waals surface area contributed by atoms with Crippen LogP contribution in [0.1, 0.15) is 43.9 Å². The number of hydrogen-bond donors (Lipinski definition) is 1. The van der Waals surface area contributed by atoms with Crippen molar-refractivity contribution in [1.82, 2.24) is 10.3 Å². The summed E-state index contributed by atoms with van der Waals surface area (Å²) < 4.78 is 1.05. The van der Waals surface area contributed by atoms with E-state index in [1.165, 1.54) is 11.1 Å². The molecule has 0 bridgehead atoms. The highest BCUT2D eigenvalue weighted by Crippen LogP contribution is 2.36. The Morgan fingerprint density at radius 3 is 3.06 bits per heavy atom. The molecule has 0 saturated carbocycles. The topological polar surface area (TPSA) is 42.0 Å². The van der Waals surface area contributed by atoms with Crippen LogP contribution in [0.2, 0.25) is 0 Å². The molecular weight excluding hydrogens is 280 g/mol. The SMILES string of the molecule is CCC(=O)NC1c2cncc(Br)c2CC[C@@H]1C. The van der Waals surface area contributed by atoms with E-state index in [2.05, 4.69) is 33.2 Å². The summed E-state index contributed by atoms with van der Waals surface area (Å²) in [5.74, 6) is 0.573. The van der Waals surface area contributed by atoms with Crippen LogP contribution in [0, 0.1) is 5.92 Å². The second-order valence-electron chi connectivity index (χ2n) is 4.60. The van der Waals surface area contributed by atoms with Gasteiger partial charge in [-0.2, -0.15) is 0 Å². The van der Waals surface area contributed by atoms with Crippen molar-refractivity contribution in [2.45, 2.75) is 39.2 Å². The van der Waals surface area contributed by atoms with Gasteiger partial charge >= 0.3 is 0 Å². The van der Waals surface area contributed by atoms with Crippen LogP contribution < -0.4 is 5.32 Å². The van der Waals surface area contributed by atoms with E-state index >= 15 is 0 Å². The van der Waals surface area contributed by atoms with E-state index in [0.717, 1.165) is 17.3 Å². The second-order valence-corrected chi connectivity index (χ2v) is 5.46. The molecule has 1 aliphatic carbocycles. The van der Waals surface area contributed by atoms with Crippen LogP contribution in [0.3, 0.4) is 0 Å². The first-order valence-electron chi connectivity index (χ1n) is 6.05. The fourth-order valence-corrected chi connectivity index (χ4v) is 2.89. The van der Waals surface area contributed by atoms with Gasteiger partial charge in [-0.25, -0.2) is 0 Å². The molecule has 0 fully saturated rings. The minimum absolute atomic E-state index is 0.106. The molecule has 4 heteroatoms. The van der Waals surface area contributed by atoms with E-state index < -0.39 is 0 Å². The molecule has 2 atom stereocenters. The first kappa shape index (κ1) is 12.6. The van der Waals surface area contributed by atoms with Gasteiger partial charge < -0.3 is 5.32 Å². The molecule has 1 aromatic rings. The Kier molecular flexibility index (Phi) is 3.82. The number of amides is 1. The van der Waals surface area contributed by atoms with Crippen molar-refractivity contribution in [3.05, 3.63) is 28.0 Å². The molecule has 1 aromatic heterocycles. The molecule has 17 heavy (non-hydrogen) atoms. The van der Waals surface area contributed by atoms with Crippen molar-refractivity contribution >= 4 is 21.8 Å². The first-order chi connectivity index (χ1) is 8.13. The highest BCUT2D eigenvalue weighted by Gasteiger charge is 2.28. The molecule has 1 aliphatic rings. The normalized spacial score (nSPS) is 23.0. The van der Waals surface area contributed by atoms with Crippen LogP contribution in [0.25, 0.3) is 0 Å². The maximum Gasteiger partial charge on any atom is 0.220 e. The Bertz CT molecular complexity index is 433. The van der Waals surface area contributed by atoms with Crippen molar-refractivity contribution < 1.29 is 4.79 Å². The van der Waals surface area contributed by atoms with Gasteiger partial charge in [0, 0.05) is 23.3 Å². The fraction of sp³-hybridized carbons (Fsp3) is 0.538. The summed E-state index contributed by atoms with van der Waals surface area (Å²) in [6.45, 7) is 4.06. The number of hydrogen-bond acceptors (Lipinski definition) is 2. The number of pyridine rings is 1. The Hall–Kier alpha value is -0.900. The first-order valence-corrected chi connectivity index (χ1v) is 6.84. The van der Waals surface area contributed by atoms with E-state index in [0.29, 0.717) is 12.3 Å². The van der Waals surface area contributed by atoms with Crippen LogP contribution in [0.15, 0.2) is 16.9 Å². The zero-order valence-corrected chi connectivity index (χ0v) is 11.8. The van der Waals surface area contributed by atoms with Crippen LogP contribution in [0.5, 0.6) is 0 Å². The van der Waals surface area contributed by atoms with Crippen LogP contribution in [-0.4, -0.2) is 10.9 Å². The fourth-order valence-electron chi connectivity index (χ4n) is 2.35. The summed E-state index contributed by atoms with van der Waals surface area (Å²) in [7, 11) is 0. The van der Waals surface area contributed by atoms with Crippen LogP contribution in [-0.2, 0) is 11.2 Å². The molecule has 1 N–H and O–H groups in total. The number of carbonyl (C=O) groups is 1. The summed E-state index contributed by atoms with van der Waals surface area (Å²) in [5.41, 5.74) is 2.46. The van der Waals surface area contributed by atoms with Gasteiger partial charge in [-0.3, -0.25) is 9.78 Å². The zero-order valence-electron chi connectivity index (χ0n) is 10.2. The maximum absolute atomic E-state index is 11.6. The predicted molar refractivity (Wildman–Crippen MR) is 70.6 cm³/mol. The molecule has 0 aliphatic heterocycles. The summed E-state index contributed by atoms with van der Waals surface area (Å²) in [4.78, 5) is 15.8. The lowest BCUT2D eigenvalue weighted by Crippen LogP contribution is -2.35. The highest BCUT2D eigenvalue weighted by molar-refractivity contribution is 9.10. The molecule has 0 aromatic carbocycles. The predicted octanol–water partition coefficient (Wildman–Crippen LogP) is 2.99. The molecule has 92 valence electrons. The molecule has 2 rings (SSSR count). The number of nitrogens with zero attached hydrogens (tertiary/aromatic N) is 1. The zero-order chi connectivity index (χ0) is 12.4. The number of fused-ring (bicyclic) bond motifs is 1. The Morgan fingerprint density at radius 2 is 2.35 bits per heavy atom. The monoisotopic (exact) mass is 296 g/mol. The molecule has 0 saturated heterocycles. The third-order valence-electron chi connectivity index (χ3n) is 3.43. The average molecular weight is 297 g/mol. The van der Waals surface area contributed by atoms with Crippen LogP contribution in [0.4, 0.5) is 0 Å². The lowest BCUT2D eigenvalue weighted by Gasteiger charge is -2.32. The third kappa shape index (κ3) is 2.51. The summed E-state index contributed by atoms with van der Waals surface area (Å²) in [6.07, 6.45) is 6.40. The van der Waals surface area contributed by atoms with Gasteiger partial charge in [-0.15, -0.1) is 0 Å². The van der Waals surface area contributed by atoms with E-state index in [-0.39, 0.29) is 11.9 Å². The van der Waals surface area contributed by atoms with Gasteiger partial charge in [0.05, 0.1) is 6.04 Å². The number of rotatable bonds is 2. The summed E-state index contributed by atoms with van der Waals surface area (Å²) in [5, 5.41) is 3.10. The molecule has 0 spiro atoms. The Balaban J connectivity index is 2.33. The van der Waals surface area contributed by atoms with E-state index in [1.54, 1.807) is 0 Å². The number of halogens is 1. The largest absolute Gasteiger partial charge is 0.349 e. The quantitative estimate of drug-likeness (QED) is 0.912. The van der Waals surface area contributed by atoms with Crippen molar-refractivity contribution in [3.8, 4) is 0 Å². The lowest BCUT2D eigenvalue weighted by atomic mass is 9.81. The van der Waals surface area contributed by atoms with Crippen molar-refractivity contribution in [2.24, 2.45) is 5.92 Å². The van der Waals surface area contributed by atoms with Gasteiger partial charge in [0.15, 0.2) is 0 Å². The standard InChI is InChI=1S/C13H17BrN2O/c1-3-12(17)16-13-8(2)4-5-9-10(13)6-15-7-11(9)14/h6-8,13H,3-5H2,1-2H3,(H,16,17)/t8-,13?/m0/s1. The molecule has 0 radical (unpaired) electrons. The molecule has 1 heterocycles. The minimum Gasteiger partial charge on any atom is -0.349 e. The van der Waals surface area contributed by atoms with Crippen LogP contribution >= 0.6 is 15.9 Å². The van der Waals surface area contributed by atoms with Gasteiger partial charge in [0.25, 0.3) is 0 Å². The minimum atomic E-state index is 0.106. The van der Waals surface area contributed by atoms with Crippen molar-refractivity contribution in [2.75, 3.05) is 0 Å². The van der Waals surface area contributed by atoms with E-state index in [9.17, 15) is 4.79 Å². The third-order valence-corrected chi connectivity index (χ3v) is 4.11. The van der Waals surface area contributed by atoms with Gasteiger partial charge in [0.2, 0.25) is 5.91 Å². The molecule has 3 nitrogen and oxygen atoms in total. The lowest BCUT2D eigenvalue weighted by molar-refractivity contribution is -0.121.